The van der Waals surface area contributed by atoms with Crippen LogP contribution < -0.4 is 5.32 Å². The molecule has 0 aliphatic heterocycles. The molecule has 1 aromatic carbocycles. The molecule has 6 nitrogen and oxygen atoms in total. The Morgan fingerprint density at radius 3 is 2.55 bits per heavy atom. The first-order chi connectivity index (χ1) is 15.0. The van der Waals surface area contributed by atoms with Gasteiger partial charge in [0.15, 0.2) is 10.1 Å². The third-order valence-corrected chi connectivity index (χ3v) is 7.35. The van der Waals surface area contributed by atoms with Crippen LogP contribution in [0.25, 0.3) is 21.3 Å². The van der Waals surface area contributed by atoms with Crippen LogP contribution in [0, 0.1) is 19.7 Å². The minimum Gasteiger partial charge on any atom is -0.346 e. The van der Waals surface area contributed by atoms with Gasteiger partial charge in [-0.25, -0.2) is 14.4 Å². The summed E-state index contributed by atoms with van der Waals surface area (Å²) < 4.78 is 17.1. The van der Waals surface area contributed by atoms with Gasteiger partial charge in [0.25, 0.3) is 5.91 Å². The highest BCUT2D eigenvalue weighted by atomic mass is 32.1. The lowest BCUT2D eigenvalue weighted by molar-refractivity contribution is 0.0954. The first kappa shape index (κ1) is 19.7. The summed E-state index contributed by atoms with van der Waals surface area (Å²) in [5, 5.41) is 3.78. The number of carbonyl (C=O) groups is 1. The smallest absolute Gasteiger partial charge is 0.263 e. The maximum atomic E-state index is 13.2. The molecule has 0 radical (unpaired) electrons. The minimum atomic E-state index is -0.268. The van der Waals surface area contributed by atoms with Crippen molar-refractivity contribution >= 4 is 33.5 Å². The quantitative estimate of drug-likeness (QED) is 0.409. The summed E-state index contributed by atoms with van der Waals surface area (Å²) in [6.45, 7) is 4.27. The Bertz CT molecular complexity index is 1380. The molecule has 4 aromatic heterocycles. The van der Waals surface area contributed by atoms with E-state index in [-0.39, 0.29) is 11.7 Å². The van der Waals surface area contributed by atoms with Crippen molar-refractivity contribution in [2.75, 3.05) is 0 Å². The highest BCUT2D eigenvalue weighted by Crippen LogP contribution is 2.28. The van der Waals surface area contributed by atoms with Crippen LogP contribution in [0.1, 0.15) is 25.9 Å². The number of rotatable bonds is 5. The van der Waals surface area contributed by atoms with E-state index in [1.54, 1.807) is 12.1 Å². The van der Waals surface area contributed by atoms with Crippen LogP contribution in [0.15, 0.2) is 55.0 Å². The number of hydrogen-bond acceptors (Lipinski definition) is 5. The zero-order valence-corrected chi connectivity index (χ0v) is 18.4. The lowest BCUT2D eigenvalue weighted by atomic mass is 10.2. The minimum absolute atomic E-state index is 0.133. The Morgan fingerprint density at radius 2 is 1.84 bits per heavy atom. The molecule has 4 heterocycles. The number of nitrogens with one attached hydrogen (secondary N) is 1. The summed E-state index contributed by atoms with van der Waals surface area (Å²) >= 11 is 2.90. The van der Waals surface area contributed by atoms with Crippen molar-refractivity contribution in [3.05, 3.63) is 81.9 Å². The number of benzene rings is 1. The first-order valence-electron chi connectivity index (χ1n) is 9.62. The van der Waals surface area contributed by atoms with Crippen molar-refractivity contribution in [3.63, 3.8) is 0 Å². The number of imidazole rings is 1. The second kappa shape index (κ2) is 7.75. The maximum absolute atomic E-state index is 13.2. The fraction of sp³-hybridized carbons (Fsp3) is 0.136. The standard InChI is InChI=1S/C22H18FN5OS2/c1-13-19(31-21(25-13)27-9-3-4-10-27)20(29)24-11-18-14(2)28-12-17(26-22(28)30-18)15-5-7-16(23)8-6-15/h3-10,12H,11H2,1-2H3,(H,24,29). The normalized spacial score (nSPS) is 11.3. The van der Waals surface area contributed by atoms with Crippen LogP contribution in [-0.2, 0) is 6.54 Å². The number of halogens is 1. The number of nitrogens with zero attached hydrogens (tertiary/aromatic N) is 4. The Hall–Kier alpha value is -3.30. The number of aryl methyl sites for hydroxylation is 2. The average molecular weight is 452 g/mol. The molecule has 9 heteroatoms. The fourth-order valence-electron chi connectivity index (χ4n) is 3.32. The Labute approximate surface area is 185 Å². The van der Waals surface area contributed by atoms with Crippen molar-refractivity contribution in [2.24, 2.45) is 0 Å². The summed E-state index contributed by atoms with van der Waals surface area (Å²) in [6.07, 6.45) is 5.76. The molecule has 31 heavy (non-hydrogen) atoms. The molecule has 0 fully saturated rings. The Morgan fingerprint density at radius 1 is 1.10 bits per heavy atom. The van der Waals surface area contributed by atoms with E-state index in [0.717, 1.165) is 31.9 Å². The van der Waals surface area contributed by atoms with E-state index in [2.05, 4.69) is 15.3 Å². The molecule has 5 rings (SSSR count). The largest absolute Gasteiger partial charge is 0.346 e. The SMILES string of the molecule is Cc1nc(-n2cccc2)sc1C(=O)NCc1sc2nc(-c3ccc(F)cc3)cn2c1C. The Kier molecular flexibility index (Phi) is 4.91. The van der Waals surface area contributed by atoms with Crippen LogP contribution in [0.4, 0.5) is 4.39 Å². The lowest BCUT2D eigenvalue weighted by Gasteiger charge is -2.03. The molecule has 0 spiro atoms. The molecule has 0 aliphatic rings. The molecular formula is C22H18FN5OS2. The Balaban J connectivity index is 1.33. The second-order valence-electron chi connectivity index (χ2n) is 7.08. The highest BCUT2D eigenvalue weighted by Gasteiger charge is 2.18. The van der Waals surface area contributed by atoms with Gasteiger partial charge in [0.2, 0.25) is 0 Å². The third-order valence-electron chi connectivity index (χ3n) is 5.02. The summed E-state index contributed by atoms with van der Waals surface area (Å²) in [4.78, 5) is 24.4. The van der Waals surface area contributed by atoms with E-state index in [0.29, 0.717) is 17.1 Å². The number of carbonyl (C=O) groups excluding carboxylic acids is 1. The van der Waals surface area contributed by atoms with E-state index in [1.807, 2.05) is 53.5 Å². The molecule has 1 N–H and O–H groups in total. The number of hydrogen-bond donors (Lipinski definition) is 1. The van der Waals surface area contributed by atoms with Gasteiger partial charge in [-0.05, 0) is 50.2 Å². The topological polar surface area (TPSA) is 64.2 Å². The monoisotopic (exact) mass is 451 g/mol. The van der Waals surface area contributed by atoms with E-state index in [4.69, 9.17) is 0 Å². The van der Waals surface area contributed by atoms with E-state index in [1.165, 1.54) is 34.8 Å². The summed E-state index contributed by atoms with van der Waals surface area (Å²) in [6, 6.07) is 10.1. The number of fused-ring (bicyclic) bond motifs is 1. The van der Waals surface area contributed by atoms with Gasteiger partial charge in [-0.2, -0.15) is 0 Å². The van der Waals surface area contributed by atoms with Gasteiger partial charge in [0, 0.05) is 34.7 Å². The van der Waals surface area contributed by atoms with E-state index >= 15 is 0 Å². The molecule has 0 atom stereocenters. The van der Waals surface area contributed by atoms with Crippen LogP contribution in [-0.4, -0.2) is 24.8 Å². The highest BCUT2D eigenvalue weighted by molar-refractivity contribution is 7.17. The maximum Gasteiger partial charge on any atom is 0.263 e. The molecule has 0 saturated carbocycles. The molecule has 0 unspecified atom stereocenters. The van der Waals surface area contributed by atoms with Crippen molar-refractivity contribution in [1.82, 2.24) is 24.3 Å². The van der Waals surface area contributed by atoms with Crippen LogP contribution in [0.5, 0.6) is 0 Å². The molecule has 0 saturated heterocycles. The third kappa shape index (κ3) is 3.66. The zero-order valence-electron chi connectivity index (χ0n) is 16.8. The molecule has 5 aromatic rings. The summed E-state index contributed by atoms with van der Waals surface area (Å²) in [5.74, 6) is -0.401. The van der Waals surface area contributed by atoms with Crippen molar-refractivity contribution in [2.45, 2.75) is 20.4 Å². The van der Waals surface area contributed by atoms with Gasteiger partial charge >= 0.3 is 0 Å². The van der Waals surface area contributed by atoms with Gasteiger partial charge in [-0.1, -0.05) is 22.7 Å². The van der Waals surface area contributed by atoms with Crippen molar-refractivity contribution in [1.29, 1.82) is 0 Å². The van der Waals surface area contributed by atoms with Gasteiger partial charge in [0.05, 0.1) is 17.9 Å². The van der Waals surface area contributed by atoms with Crippen LogP contribution in [0.2, 0.25) is 0 Å². The predicted molar refractivity (Wildman–Crippen MR) is 121 cm³/mol. The van der Waals surface area contributed by atoms with Crippen molar-refractivity contribution < 1.29 is 9.18 Å². The summed E-state index contributed by atoms with van der Waals surface area (Å²) in [7, 11) is 0. The van der Waals surface area contributed by atoms with Gasteiger partial charge in [-0.15, -0.1) is 0 Å². The second-order valence-corrected chi connectivity index (χ2v) is 9.12. The van der Waals surface area contributed by atoms with Crippen LogP contribution >= 0.6 is 22.7 Å². The summed E-state index contributed by atoms with van der Waals surface area (Å²) in [5.41, 5.74) is 3.40. The number of aromatic nitrogens is 4. The molecule has 0 bridgehead atoms. The molecule has 0 aliphatic carbocycles. The number of amides is 1. The number of thiazole rings is 2. The van der Waals surface area contributed by atoms with Crippen LogP contribution in [0.3, 0.4) is 0 Å². The fourth-order valence-corrected chi connectivity index (χ4v) is 5.32. The molecular weight excluding hydrogens is 433 g/mol. The van der Waals surface area contributed by atoms with Gasteiger partial charge in [-0.3, -0.25) is 9.20 Å². The van der Waals surface area contributed by atoms with E-state index < -0.39 is 0 Å². The average Bonchev–Trinajstić information content (AvgIpc) is 3.53. The molecule has 156 valence electrons. The van der Waals surface area contributed by atoms with E-state index in [9.17, 15) is 9.18 Å². The van der Waals surface area contributed by atoms with Gasteiger partial charge < -0.3 is 9.88 Å². The van der Waals surface area contributed by atoms with Gasteiger partial charge in [0.1, 0.15) is 10.7 Å². The lowest BCUT2D eigenvalue weighted by Crippen LogP contribution is -2.22. The van der Waals surface area contributed by atoms with Crippen molar-refractivity contribution in [3.8, 4) is 16.4 Å². The predicted octanol–water partition coefficient (Wildman–Crippen LogP) is 5.00. The molecule has 1 amide bonds. The zero-order chi connectivity index (χ0) is 21.5. The first-order valence-corrected chi connectivity index (χ1v) is 11.2.